The molecule has 0 spiro atoms. The molecule has 0 aromatic heterocycles. The Labute approximate surface area is 95.5 Å². The minimum atomic E-state index is -2.81. The minimum absolute atomic E-state index is 0.172. The predicted octanol–water partition coefficient (Wildman–Crippen LogP) is 3.20. The fraction of sp³-hybridized carbons (Fsp3) is 0.400. The molecular weight excluding hydrogens is 268 g/mol. The van der Waals surface area contributed by atoms with Crippen molar-refractivity contribution in [2.45, 2.75) is 19.5 Å². The zero-order chi connectivity index (χ0) is 11.3. The Balaban J connectivity index is 2.87. The van der Waals surface area contributed by atoms with E-state index in [-0.39, 0.29) is 5.75 Å². The molecule has 15 heavy (non-hydrogen) atoms. The molecule has 1 rings (SSSR count). The summed E-state index contributed by atoms with van der Waals surface area (Å²) in [7, 11) is 0. The van der Waals surface area contributed by atoms with Crippen LogP contribution in [0.3, 0.4) is 0 Å². The standard InChI is InChI=1S/C10H12BrF2NO/c11-6-2-3-7-8(14)4-1-5-9(7)15-10(12)13/h1,4-5,10H,2-3,6,14H2. The summed E-state index contributed by atoms with van der Waals surface area (Å²) in [6.07, 6.45) is 1.45. The molecular formula is C10H12BrF2NO. The van der Waals surface area contributed by atoms with Gasteiger partial charge in [0.05, 0.1) is 0 Å². The third-order valence-corrected chi connectivity index (χ3v) is 2.51. The van der Waals surface area contributed by atoms with Gasteiger partial charge in [-0.15, -0.1) is 0 Å². The third-order valence-electron chi connectivity index (χ3n) is 1.95. The first-order chi connectivity index (χ1) is 7.15. The molecule has 0 atom stereocenters. The van der Waals surface area contributed by atoms with E-state index in [1.807, 2.05) is 0 Å². The monoisotopic (exact) mass is 279 g/mol. The number of hydrogen-bond acceptors (Lipinski definition) is 2. The van der Waals surface area contributed by atoms with Crippen LogP contribution in [-0.2, 0) is 6.42 Å². The van der Waals surface area contributed by atoms with Crippen molar-refractivity contribution in [1.29, 1.82) is 0 Å². The maximum Gasteiger partial charge on any atom is 0.387 e. The van der Waals surface area contributed by atoms with Gasteiger partial charge >= 0.3 is 6.61 Å². The van der Waals surface area contributed by atoms with E-state index in [0.717, 1.165) is 11.8 Å². The van der Waals surface area contributed by atoms with Crippen LogP contribution in [0.4, 0.5) is 14.5 Å². The number of ether oxygens (including phenoxy) is 1. The molecule has 0 aliphatic carbocycles. The summed E-state index contributed by atoms with van der Waals surface area (Å²) in [5.41, 5.74) is 6.84. The van der Waals surface area contributed by atoms with Gasteiger partial charge in [-0.3, -0.25) is 0 Å². The molecule has 1 aromatic rings. The predicted molar refractivity (Wildman–Crippen MR) is 59.6 cm³/mol. The molecule has 0 radical (unpaired) electrons. The van der Waals surface area contributed by atoms with Crippen LogP contribution in [0.15, 0.2) is 18.2 Å². The van der Waals surface area contributed by atoms with Gasteiger partial charge in [0.15, 0.2) is 0 Å². The summed E-state index contributed by atoms with van der Waals surface area (Å²) in [5.74, 6) is 0.172. The van der Waals surface area contributed by atoms with Crippen molar-refractivity contribution in [3.8, 4) is 5.75 Å². The van der Waals surface area contributed by atoms with Crippen molar-refractivity contribution in [3.63, 3.8) is 0 Å². The Kier molecular flexibility index (Phi) is 4.81. The molecule has 0 bridgehead atoms. The molecule has 0 aliphatic rings. The van der Waals surface area contributed by atoms with E-state index in [1.54, 1.807) is 12.1 Å². The first-order valence-electron chi connectivity index (χ1n) is 4.53. The fourth-order valence-corrected chi connectivity index (χ4v) is 1.58. The first kappa shape index (κ1) is 12.2. The van der Waals surface area contributed by atoms with Crippen LogP contribution in [0, 0.1) is 0 Å². The number of hydrogen-bond donors (Lipinski definition) is 1. The number of benzene rings is 1. The van der Waals surface area contributed by atoms with E-state index in [9.17, 15) is 8.78 Å². The van der Waals surface area contributed by atoms with Gasteiger partial charge in [0, 0.05) is 16.6 Å². The van der Waals surface area contributed by atoms with E-state index < -0.39 is 6.61 Å². The van der Waals surface area contributed by atoms with E-state index in [1.165, 1.54) is 6.07 Å². The van der Waals surface area contributed by atoms with Crippen molar-refractivity contribution in [3.05, 3.63) is 23.8 Å². The number of rotatable bonds is 5. The Morgan fingerprint density at radius 3 is 2.73 bits per heavy atom. The third kappa shape index (κ3) is 3.66. The van der Waals surface area contributed by atoms with Gasteiger partial charge < -0.3 is 10.5 Å². The van der Waals surface area contributed by atoms with Gasteiger partial charge in [-0.2, -0.15) is 8.78 Å². The zero-order valence-corrected chi connectivity index (χ0v) is 9.64. The van der Waals surface area contributed by atoms with Gasteiger partial charge in [-0.25, -0.2) is 0 Å². The van der Waals surface area contributed by atoms with Crippen LogP contribution in [0.5, 0.6) is 5.75 Å². The lowest BCUT2D eigenvalue weighted by Gasteiger charge is -2.12. The Morgan fingerprint density at radius 1 is 1.40 bits per heavy atom. The highest BCUT2D eigenvalue weighted by Gasteiger charge is 2.11. The smallest absolute Gasteiger partial charge is 0.387 e. The SMILES string of the molecule is Nc1cccc(OC(F)F)c1CCCBr. The summed E-state index contributed by atoms with van der Waals surface area (Å²) in [6.45, 7) is -2.81. The molecule has 1 aromatic carbocycles. The lowest BCUT2D eigenvalue weighted by Crippen LogP contribution is -2.06. The highest BCUT2D eigenvalue weighted by atomic mass is 79.9. The lowest BCUT2D eigenvalue weighted by atomic mass is 10.1. The molecule has 84 valence electrons. The van der Waals surface area contributed by atoms with Crippen molar-refractivity contribution in [2.75, 3.05) is 11.1 Å². The van der Waals surface area contributed by atoms with Crippen LogP contribution in [-0.4, -0.2) is 11.9 Å². The normalized spacial score (nSPS) is 10.7. The molecule has 0 unspecified atom stereocenters. The number of nitrogen functional groups attached to an aromatic ring is 1. The molecule has 0 amide bonds. The van der Waals surface area contributed by atoms with Crippen LogP contribution >= 0.6 is 15.9 Å². The number of anilines is 1. The zero-order valence-electron chi connectivity index (χ0n) is 8.05. The van der Waals surface area contributed by atoms with Crippen LogP contribution in [0.25, 0.3) is 0 Å². The number of alkyl halides is 3. The average molecular weight is 280 g/mol. The quantitative estimate of drug-likeness (QED) is 0.664. The largest absolute Gasteiger partial charge is 0.434 e. The molecule has 0 heterocycles. The van der Waals surface area contributed by atoms with Gasteiger partial charge in [0.1, 0.15) is 5.75 Å². The summed E-state index contributed by atoms with van der Waals surface area (Å²) < 4.78 is 28.6. The van der Waals surface area contributed by atoms with Crippen molar-refractivity contribution in [1.82, 2.24) is 0 Å². The van der Waals surface area contributed by atoms with Gasteiger partial charge in [-0.05, 0) is 25.0 Å². The fourth-order valence-electron chi connectivity index (χ4n) is 1.30. The maximum atomic E-state index is 12.1. The molecule has 5 heteroatoms. The van der Waals surface area contributed by atoms with Crippen LogP contribution in [0.2, 0.25) is 0 Å². The van der Waals surface area contributed by atoms with Gasteiger partial charge in [-0.1, -0.05) is 22.0 Å². The Hall–Kier alpha value is -0.840. The van der Waals surface area contributed by atoms with E-state index >= 15 is 0 Å². The first-order valence-corrected chi connectivity index (χ1v) is 5.65. The van der Waals surface area contributed by atoms with Crippen LogP contribution in [0.1, 0.15) is 12.0 Å². The number of halogens is 3. The molecule has 2 N–H and O–H groups in total. The van der Waals surface area contributed by atoms with E-state index in [0.29, 0.717) is 17.7 Å². The second kappa shape index (κ2) is 5.90. The van der Waals surface area contributed by atoms with Crippen LogP contribution < -0.4 is 10.5 Å². The Bertz CT molecular complexity index is 320. The highest BCUT2D eigenvalue weighted by molar-refractivity contribution is 9.09. The maximum absolute atomic E-state index is 12.1. The van der Waals surface area contributed by atoms with Gasteiger partial charge in [0.25, 0.3) is 0 Å². The van der Waals surface area contributed by atoms with Crippen molar-refractivity contribution >= 4 is 21.6 Å². The van der Waals surface area contributed by atoms with E-state index in [4.69, 9.17) is 5.73 Å². The lowest BCUT2D eigenvalue weighted by molar-refractivity contribution is -0.0503. The summed E-state index contributed by atoms with van der Waals surface area (Å²) in [4.78, 5) is 0. The van der Waals surface area contributed by atoms with Crippen molar-refractivity contribution < 1.29 is 13.5 Å². The summed E-state index contributed by atoms with van der Waals surface area (Å²) in [5, 5.41) is 0.801. The highest BCUT2D eigenvalue weighted by Crippen LogP contribution is 2.27. The second-order valence-electron chi connectivity index (χ2n) is 2.99. The second-order valence-corrected chi connectivity index (χ2v) is 3.79. The van der Waals surface area contributed by atoms with E-state index in [2.05, 4.69) is 20.7 Å². The number of nitrogens with two attached hydrogens (primary N) is 1. The topological polar surface area (TPSA) is 35.2 Å². The summed E-state index contributed by atoms with van der Waals surface area (Å²) >= 11 is 3.28. The molecule has 0 aliphatic heterocycles. The molecule has 0 saturated carbocycles. The average Bonchev–Trinajstić information content (AvgIpc) is 2.16. The Morgan fingerprint density at radius 2 is 2.13 bits per heavy atom. The van der Waals surface area contributed by atoms with Crippen molar-refractivity contribution in [2.24, 2.45) is 0 Å². The summed E-state index contributed by atoms with van der Waals surface area (Å²) in [6, 6.07) is 4.79. The molecule has 2 nitrogen and oxygen atoms in total. The molecule has 0 saturated heterocycles. The van der Waals surface area contributed by atoms with Gasteiger partial charge in [0.2, 0.25) is 0 Å². The minimum Gasteiger partial charge on any atom is -0.434 e. The molecule has 0 fully saturated rings.